The quantitative estimate of drug-likeness (QED) is 0.862. The highest BCUT2D eigenvalue weighted by Gasteiger charge is 2.20. The van der Waals surface area contributed by atoms with Gasteiger partial charge in [-0.1, -0.05) is 19.0 Å². The maximum atomic E-state index is 5.27. The Labute approximate surface area is 100 Å². The second kappa shape index (κ2) is 5.14. The molecule has 2 unspecified atom stereocenters. The molecular formula is C12H17N3O2. The van der Waals surface area contributed by atoms with Crippen molar-refractivity contribution in [2.75, 3.05) is 6.54 Å². The fourth-order valence-electron chi connectivity index (χ4n) is 1.64. The van der Waals surface area contributed by atoms with Crippen LogP contribution < -0.4 is 5.32 Å². The van der Waals surface area contributed by atoms with Gasteiger partial charge in [-0.15, -0.1) is 0 Å². The van der Waals surface area contributed by atoms with E-state index >= 15 is 0 Å². The summed E-state index contributed by atoms with van der Waals surface area (Å²) >= 11 is 0. The zero-order chi connectivity index (χ0) is 12.3. The standard InChI is InChI=1S/C12H17N3O2/c1-4-13-9(3)8(2)12-14-11(15-17-12)10-5-6-16-7-10/h5-9,13H,4H2,1-3H3. The topological polar surface area (TPSA) is 64.1 Å². The van der Waals surface area contributed by atoms with Crippen molar-refractivity contribution in [1.29, 1.82) is 0 Å². The van der Waals surface area contributed by atoms with Crippen LogP contribution in [0.2, 0.25) is 0 Å². The zero-order valence-electron chi connectivity index (χ0n) is 10.3. The summed E-state index contributed by atoms with van der Waals surface area (Å²) in [5.41, 5.74) is 0.836. The molecule has 2 rings (SSSR count). The Kier molecular flexibility index (Phi) is 3.58. The van der Waals surface area contributed by atoms with Crippen LogP contribution in [0.15, 0.2) is 27.5 Å². The number of hydrogen-bond acceptors (Lipinski definition) is 5. The SMILES string of the molecule is CCNC(C)C(C)c1nc(-c2ccoc2)no1. The lowest BCUT2D eigenvalue weighted by atomic mass is 10.0. The van der Waals surface area contributed by atoms with E-state index in [4.69, 9.17) is 8.94 Å². The van der Waals surface area contributed by atoms with E-state index in [0.717, 1.165) is 12.1 Å². The molecule has 0 radical (unpaired) electrons. The zero-order valence-corrected chi connectivity index (χ0v) is 10.3. The van der Waals surface area contributed by atoms with Gasteiger partial charge >= 0.3 is 0 Å². The Morgan fingerprint density at radius 1 is 1.41 bits per heavy atom. The molecule has 17 heavy (non-hydrogen) atoms. The molecule has 0 saturated heterocycles. The molecular weight excluding hydrogens is 218 g/mol. The van der Waals surface area contributed by atoms with Gasteiger partial charge in [0.2, 0.25) is 11.7 Å². The molecule has 1 N–H and O–H groups in total. The Balaban J connectivity index is 2.13. The molecule has 2 atom stereocenters. The van der Waals surface area contributed by atoms with Crippen LogP contribution in [0.3, 0.4) is 0 Å². The van der Waals surface area contributed by atoms with Crippen molar-refractivity contribution in [2.45, 2.75) is 32.7 Å². The number of furan rings is 1. The molecule has 2 heterocycles. The van der Waals surface area contributed by atoms with Crippen LogP contribution in [0.4, 0.5) is 0 Å². The molecule has 0 bridgehead atoms. The summed E-state index contributed by atoms with van der Waals surface area (Å²) in [6, 6.07) is 2.12. The molecule has 0 amide bonds. The third kappa shape index (κ3) is 2.55. The predicted octanol–water partition coefficient (Wildman–Crippen LogP) is 2.43. The van der Waals surface area contributed by atoms with Gasteiger partial charge < -0.3 is 14.3 Å². The van der Waals surface area contributed by atoms with Crippen LogP contribution >= 0.6 is 0 Å². The van der Waals surface area contributed by atoms with Crippen molar-refractivity contribution < 1.29 is 8.94 Å². The van der Waals surface area contributed by atoms with Crippen molar-refractivity contribution in [1.82, 2.24) is 15.5 Å². The highest BCUT2D eigenvalue weighted by Crippen LogP contribution is 2.21. The van der Waals surface area contributed by atoms with Crippen molar-refractivity contribution in [3.63, 3.8) is 0 Å². The van der Waals surface area contributed by atoms with E-state index in [1.165, 1.54) is 0 Å². The van der Waals surface area contributed by atoms with Gasteiger partial charge in [-0.2, -0.15) is 4.98 Å². The van der Waals surface area contributed by atoms with Crippen molar-refractivity contribution in [3.8, 4) is 11.4 Å². The molecule has 0 aliphatic heterocycles. The summed E-state index contributed by atoms with van der Waals surface area (Å²) in [6.45, 7) is 7.18. The number of rotatable bonds is 5. The smallest absolute Gasteiger partial charge is 0.231 e. The van der Waals surface area contributed by atoms with Crippen LogP contribution in [0.5, 0.6) is 0 Å². The van der Waals surface area contributed by atoms with Crippen molar-refractivity contribution >= 4 is 0 Å². The van der Waals surface area contributed by atoms with Gasteiger partial charge in [0.25, 0.3) is 0 Å². The van der Waals surface area contributed by atoms with Crippen LogP contribution in [0.25, 0.3) is 11.4 Å². The highest BCUT2D eigenvalue weighted by molar-refractivity contribution is 5.51. The molecule has 0 aliphatic carbocycles. The first-order chi connectivity index (χ1) is 8.22. The summed E-state index contributed by atoms with van der Waals surface area (Å²) in [7, 11) is 0. The van der Waals surface area contributed by atoms with Gasteiger partial charge in [0.1, 0.15) is 6.26 Å². The molecule has 2 aromatic rings. The molecule has 2 aromatic heterocycles. The minimum atomic E-state index is 0.183. The minimum Gasteiger partial charge on any atom is -0.472 e. The van der Waals surface area contributed by atoms with Crippen LogP contribution in [0.1, 0.15) is 32.6 Å². The average Bonchev–Trinajstić information content (AvgIpc) is 2.98. The van der Waals surface area contributed by atoms with Crippen molar-refractivity contribution in [2.24, 2.45) is 0 Å². The predicted molar refractivity (Wildman–Crippen MR) is 63.6 cm³/mol. The molecule has 0 saturated carbocycles. The minimum absolute atomic E-state index is 0.183. The Hall–Kier alpha value is -1.62. The molecule has 5 nitrogen and oxygen atoms in total. The Bertz CT molecular complexity index is 450. The first kappa shape index (κ1) is 11.9. The number of nitrogens with one attached hydrogen (secondary N) is 1. The third-order valence-corrected chi connectivity index (χ3v) is 2.89. The number of likely N-dealkylation sites (N-methyl/N-ethyl adjacent to an activating group) is 1. The maximum absolute atomic E-state index is 5.27. The van der Waals surface area contributed by atoms with Gasteiger partial charge in [0, 0.05) is 6.04 Å². The van der Waals surface area contributed by atoms with Crippen LogP contribution in [0, 0.1) is 0 Å². The lowest BCUT2D eigenvalue weighted by Gasteiger charge is -2.16. The highest BCUT2D eigenvalue weighted by atomic mass is 16.5. The number of aromatic nitrogens is 2. The first-order valence-corrected chi connectivity index (χ1v) is 5.82. The molecule has 0 aliphatic rings. The lowest BCUT2D eigenvalue weighted by Crippen LogP contribution is -2.30. The van der Waals surface area contributed by atoms with E-state index in [1.54, 1.807) is 12.5 Å². The molecule has 5 heteroatoms. The second-order valence-corrected chi connectivity index (χ2v) is 4.10. The van der Waals surface area contributed by atoms with E-state index in [2.05, 4.69) is 36.2 Å². The lowest BCUT2D eigenvalue weighted by molar-refractivity contribution is 0.332. The fraction of sp³-hybridized carbons (Fsp3) is 0.500. The Morgan fingerprint density at radius 3 is 2.88 bits per heavy atom. The van der Waals surface area contributed by atoms with E-state index < -0.39 is 0 Å². The molecule has 0 spiro atoms. The Morgan fingerprint density at radius 2 is 2.24 bits per heavy atom. The van der Waals surface area contributed by atoms with E-state index in [0.29, 0.717) is 17.8 Å². The summed E-state index contributed by atoms with van der Waals surface area (Å²) in [4.78, 5) is 4.38. The fourth-order valence-corrected chi connectivity index (χ4v) is 1.64. The molecule has 0 fully saturated rings. The molecule has 0 aromatic carbocycles. The summed E-state index contributed by atoms with van der Waals surface area (Å²) in [5.74, 6) is 1.40. The van der Waals surface area contributed by atoms with Gasteiger partial charge in [0.05, 0.1) is 17.7 Å². The van der Waals surface area contributed by atoms with Crippen LogP contribution in [-0.2, 0) is 0 Å². The molecule has 92 valence electrons. The maximum Gasteiger partial charge on any atom is 0.231 e. The van der Waals surface area contributed by atoms with Gasteiger partial charge in [-0.3, -0.25) is 0 Å². The van der Waals surface area contributed by atoms with Gasteiger partial charge in [-0.05, 0) is 19.5 Å². The largest absolute Gasteiger partial charge is 0.472 e. The first-order valence-electron chi connectivity index (χ1n) is 5.82. The average molecular weight is 235 g/mol. The van der Waals surface area contributed by atoms with E-state index in [9.17, 15) is 0 Å². The normalized spacial score (nSPS) is 14.8. The van der Waals surface area contributed by atoms with Crippen LogP contribution in [-0.4, -0.2) is 22.7 Å². The van der Waals surface area contributed by atoms with Crippen molar-refractivity contribution in [3.05, 3.63) is 24.5 Å². The number of hydrogen-bond donors (Lipinski definition) is 1. The van der Waals surface area contributed by atoms with Gasteiger partial charge in [-0.25, -0.2) is 0 Å². The summed E-state index contributed by atoms with van der Waals surface area (Å²) in [5, 5.41) is 7.29. The number of nitrogens with zero attached hydrogens (tertiary/aromatic N) is 2. The second-order valence-electron chi connectivity index (χ2n) is 4.10. The monoisotopic (exact) mass is 235 g/mol. The van der Waals surface area contributed by atoms with E-state index in [1.807, 2.05) is 6.07 Å². The van der Waals surface area contributed by atoms with Gasteiger partial charge in [0.15, 0.2) is 0 Å². The summed E-state index contributed by atoms with van der Waals surface area (Å²) in [6.07, 6.45) is 3.20. The van der Waals surface area contributed by atoms with E-state index in [-0.39, 0.29) is 5.92 Å². The summed E-state index contributed by atoms with van der Waals surface area (Å²) < 4.78 is 10.3. The third-order valence-electron chi connectivity index (χ3n) is 2.89.